The van der Waals surface area contributed by atoms with Crippen LogP contribution in [0.3, 0.4) is 0 Å². The molecule has 0 aliphatic heterocycles. The van der Waals surface area contributed by atoms with E-state index < -0.39 is 5.63 Å². The summed E-state index contributed by atoms with van der Waals surface area (Å²) in [6, 6.07) is 0. The lowest BCUT2D eigenvalue weighted by Crippen LogP contribution is -2.21. The summed E-state index contributed by atoms with van der Waals surface area (Å²) in [5.41, 5.74) is 0. The molecule has 0 aromatic heterocycles. The second kappa shape index (κ2) is 3.15. The maximum absolute atomic E-state index is 12.6. The van der Waals surface area contributed by atoms with Gasteiger partial charge in [0.05, 0.1) is 0 Å². The van der Waals surface area contributed by atoms with Gasteiger partial charge in [0.15, 0.2) is 2.14 Å². The van der Waals surface area contributed by atoms with Gasteiger partial charge in [-0.15, -0.1) is 0 Å². The third-order valence-corrected chi connectivity index (χ3v) is 6.34. The summed E-state index contributed by atoms with van der Waals surface area (Å²) in [6.07, 6.45) is 0. The van der Waals surface area contributed by atoms with Gasteiger partial charge in [-0.05, 0) is 31.9 Å². The first-order chi connectivity index (χ1) is 3.25. The Kier molecular flexibility index (Phi) is 4.07. The Morgan fingerprint density at radius 3 is 1.00 bits per heavy atom. The van der Waals surface area contributed by atoms with Crippen molar-refractivity contribution in [2.45, 2.75) is 5.63 Å². The van der Waals surface area contributed by atoms with Gasteiger partial charge >= 0.3 is 0 Å². The van der Waals surface area contributed by atoms with Crippen LogP contribution in [0.5, 0.6) is 0 Å². The number of rotatable bonds is 0. The average molecular weight is 443 g/mol. The maximum Gasteiger partial charge on any atom is 0.253 e. The van der Waals surface area contributed by atoms with E-state index in [1.807, 2.05) is 0 Å². The van der Waals surface area contributed by atoms with Gasteiger partial charge in [-0.3, -0.25) is 0 Å². The lowest BCUT2D eigenvalue weighted by atomic mass is 10.9. The van der Waals surface area contributed by atoms with Crippen molar-refractivity contribution in [2.24, 2.45) is 0 Å². The Bertz CT molecular complexity index is 65.4. The van der Waals surface area contributed by atoms with E-state index in [1.54, 1.807) is 0 Å². The highest BCUT2D eigenvalue weighted by atomic mass is 80.0. The van der Waals surface area contributed by atoms with E-state index in [0.29, 0.717) is 0 Å². The molecule has 0 aromatic carbocycles. The van der Waals surface area contributed by atoms with Crippen molar-refractivity contribution >= 4 is 79.6 Å². The van der Waals surface area contributed by atoms with Crippen molar-refractivity contribution in [2.75, 3.05) is 0 Å². The van der Waals surface area contributed by atoms with Gasteiger partial charge in [-0.2, -0.15) is 0 Å². The number of alkyl halides is 6. The van der Waals surface area contributed by atoms with Crippen LogP contribution in [0, 0.1) is 0 Å². The molecule has 0 fully saturated rings. The second-order valence-corrected chi connectivity index (χ2v) is 11.0. The minimum Gasteiger partial charge on any atom is -0.215 e. The van der Waals surface area contributed by atoms with Crippen molar-refractivity contribution in [3.8, 4) is 0 Å². The van der Waals surface area contributed by atoms with Crippen LogP contribution in [0.2, 0.25) is 0 Å². The fraction of sp³-hybridized carbons (Fsp3) is 1.00. The summed E-state index contributed by atoms with van der Waals surface area (Å²) in [5, 5.41) is 0. The molecule has 0 atom stereocenters. The van der Waals surface area contributed by atoms with Gasteiger partial charge in [-0.25, -0.2) is 4.39 Å². The third kappa shape index (κ3) is 3.49. The standard InChI is InChI=1S/C2Br5F/c3-1(4,5)2(6,7)8. The molecule has 0 radical (unpaired) electrons. The summed E-state index contributed by atoms with van der Waals surface area (Å²) in [5.74, 6) is 0. The number of hydrogen-bond donors (Lipinski definition) is 0. The SMILES string of the molecule is FC(Br)(Br)C(Br)(Br)Br. The molecule has 0 spiro atoms. The molecule has 0 aliphatic rings. The molecule has 0 aliphatic carbocycles. The average Bonchev–Trinajstić information content (AvgIpc) is 1.25. The van der Waals surface area contributed by atoms with Gasteiger partial charge in [0, 0.05) is 0 Å². The molecule has 0 amide bonds. The van der Waals surface area contributed by atoms with E-state index in [2.05, 4.69) is 79.6 Å². The summed E-state index contributed by atoms with van der Waals surface area (Å²) < 4.78 is 9.94. The molecule has 0 aromatic rings. The highest BCUT2D eigenvalue weighted by Gasteiger charge is 2.43. The second-order valence-electron chi connectivity index (χ2n) is 0.996. The quantitative estimate of drug-likeness (QED) is 0.493. The fourth-order valence-corrected chi connectivity index (χ4v) is 0. The van der Waals surface area contributed by atoms with Crippen molar-refractivity contribution < 1.29 is 4.39 Å². The molecule has 0 rings (SSSR count). The highest BCUT2D eigenvalue weighted by Crippen LogP contribution is 2.53. The van der Waals surface area contributed by atoms with E-state index >= 15 is 0 Å². The van der Waals surface area contributed by atoms with Gasteiger partial charge < -0.3 is 0 Å². The minimum atomic E-state index is -1.69. The molecule has 0 bridgehead atoms. The largest absolute Gasteiger partial charge is 0.253 e. The van der Waals surface area contributed by atoms with E-state index in [1.165, 1.54) is 0 Å². The first kappa shape index (κ1) is 10.3. The fourth-order valence-electron chi connectivity index (χ4n) is 0. The van der Waals surface area contributed by atoms with Gasteiger partial charge in [-0.1, -0.05) is 47.8 Å². The van der Waals surface area contributed by atoms with Crippen molar-refractivity contribution in [1.29, 1.82) is 0 Å². The van der Waals surface area contributed by atoms with Crippen molar-refractivity contribution in [3.63, 3.8) is 0 Å². The van der Waals surface area contributed by atoms with Crippen molar-refractivity contribution in [3.05, 3.63) is 0 Å². The van der Waals surface area contributed by atoms with Gasteiger partial charge in [0.2, 0.25) is 0 Å². The van der Waals surface area contributed by atoms with Crippen LogP contribution < -0.4 is 0 Å². The monoisotopic (exact) mass is 438 g/mol. The number of hydrogen-bond acceptors (Lipinski definition) is 0. The molecule has 0 nitrogen and oxygen atoms in total. The molecule has 0 heterocycles. The molecule has 0 N–H and O–H groups in total. The first-order valence-corrected chi connectivity index (χ1v) is 5.35. The molecular weight excluding hydrogens is 443 g/mol. The van der Waals surface area contributed by atoms with Crippen LogP contribution in [0.15, 0.2) is 0 Å². The van der Waals surface area contributed by atoms with Crippen LogP contribution in [0.4, 0.5) is 4.39 Å². The predicted octanol–water partition coefficient (Wildman–Crippen LogP) is 4.24. The lowest BCUT2D eigenvalue weighted by Gasteiger charge is -2.19. The van der Waals surface area contributed by atoms with E-state index in [9.17, 15) is 4.39 Å². The van der Waals surface area contributed by atoms with Crippen molar-refractivity contribution in [1.82, 2.24) is 0 Å². The highest BCUT2D eigenvalue weighted by molar-refractivity contribution is 9.41. The zero-order chi connectivity index (χ0) is 7.00. The van der Waals surface area contributed by atoms with E-state index in [-0.39, 0.29) is 0 Å². The summed E-state index contributed by atoms with van der Waals surface area (Å²) in [4.78, 5) is 0. The van der Waals surface area contributed by atoms with Crippen LogP contribution in [0.1, 0.15) is 0 Å². The number of halogens is 6. The Balaban J connectivity index is 4.02. The molecule has 6 heteroatoms. The zero-order valence-corrected chi connectivity index (χ0v) is 11.2. The molecule has 0 saturated heterocycles. The van der Waals surface area contributed by atoms with Gasteiger partial charge in [0.25, 0.3) is 3.49 Å². The van der Waals surface area contributed by atoms with Crippen LogP contribution >= 0.6 is 79.6 Å². The Morgan fingerprint density at radius 2 is 1.00 bits per heavy atom. The molecular formula is C2Br5F. The molecule has 0 unspecified atom stereocenters. The smallest absolute Gasteiger partial charge is 0.215 e. The Labute approximate surface area is 88.6 Å². The third-order valence-electron chi connectivity index (χ3n) is 0.321. The van der Waals surface area contributed by atoms with Gasteiger partial charge in [0.1, 0.15) is 0 Å². The normalized spacial score (nSPS) is 14.2. The maximum atomic E-state index is 12.6. The molecule has 8 heavy (non-hydrogen) atoms. The topological polar surface area (TPSA) is 0 Å². The zero-order valence-electron chi connectivity index (χ0n) is 3.27. The predicted molar refractivity (Wildman–Crippen MR) is 51.2 cm³/mol. The first-order valence-electron chi connectivity index (χ1n) is 1.38. The Morgan fingerprint density at radius 1 is 0.875 bits per heavy atom. The van der Waals surface area contributed by atoms with Crippen LogP contribution in [-0.2, 0) is 0 Å². The van der Waals surface area contributed by atoms with E-state index in [4.69, 9.17) is 0 Å². The Hall–Kier alpha value is 2.33. The summed E-state index contributed by atoms with van der Waals surface area (Å²) >= 11 is 14.3. The summed E-state index contributed by atoms with van der Waals surface area (Å²) in [6.45, 7) is 0. The van der Waals surface area contributed by atoms with Crippen LogP contribution in [0.25, 0.3) is 0 Å². The van der Waals surface area contributed by atoms with Crippen LogP contribution in [-0.4, -0.2) is 5.63 Å². The minimum absolute atomic E-state index is 0.958. The molecule has 0 saturated carbocycles. The summed E-state index contributed by atoms with van der Waals surface area (Å²) in [7, 11) is 0. The van der Waals surface area contributed by atoms with E-state index in [0.717, 1.165) is 0 Å². The molecule has 50 valence electrons. The lowest BCUT2D eigenvalue weighted by molar-refractivity contribution is 0.452.